The van der Waals surface area contributed by atoms with Crippen LogP contribution in [0.4, 0.5) is 8.78 Å². The topological polar surface area (TPSA) is 26.3 Å². The molecule has 0 aliphatic carbocycles. The van der Waals surface area contributed by atoms with Crippen molar-refractivity contribution in [3.05, 3.63) is 27.7 Å². The zero-order valence-electron chi connectivity index (χ0n) is 8.18. The van der Waals surface area contributed by atoms with Crippen molar-refractivity contribution in [1.29, 1.82) is 0 Å². The number of Topliss-reactive ketones (excluding diaryl/α,β-unsaturated/α-hetero) is 1. The Kier molecular flexibility index (Phi) is 3.79. The number of ketones is 1. The van der Waals surface area contributed by atoms with Crippen LogP contribution in [-0.4, -0.2) is 12.9 Å². The van der Waals surface area contributed by atoms with E-state index in [-0.39, 0.29) is 16.9 Å². The molecule has 0 N–H and O–H groups in total. The number of carbonyl (C=O) groups excluding carboxylic acids is 1. The average Bonchev–Trinajstić information content (AvgIpc) is 2.15. The third-order valence-corrected chi connectivity index (χ3v) is 2.36. The van der Waals surface area contributed by atoms with E-state index in [0.717, 1.165) is 0 Å². The number of halogens is 3. The molecule has 0 radical (unpaired) electrons. The van der Waals surface area contributed by atoms with E-state index in [1.165, 1.54) is 26.2 Å². The number of methoxy groups -OCH3 is 1. The molecule has 0 amide bonds. The van der Waals surface area contributed by atoms with Crippen LogP contribution < -0.4 is 4.74 Å². The average molecular weight is 279 g/mol. The first-order chi connectivity index (χ1) is 6.97. The molecular weight excluding hydrogens is 270 g/mol. The summed E-state index contributed by atoms with van der Waals surface area (Å²) in [6.07, 6.45) is -2.70. The molecule has 82 valence electrons. The molecule has 0 atom stereocenters. The summed E-state index contributed by atoms with van der Waals surface area (Å²) in [7, 11) is 1.34. The Morgan fingerprint density at radius 1 is 1.47 bits per heavy atom. The summed E-state index contributed by atoms with van der Waals surface area (Å²) in [6, 6.07) is 2.71. The zero-order chi connectivity index (χ0) is 11.6. The largest absolute Gasteiger partial charge is 0.496 e. The lowest BCUT2D eigenvalue weighted by atomic mass is 10.0. The Morgan fingerprint density at radius 3 is 2.47 bits per heavy atom. The third-order valence-electron chi connectivity index (χ3n) is 1.90. The number of benzene rings is 1. The minimum Gasteiger partial charge on any atom is -0.496 e. The number of hydrogen-bond acceptors (Lipinski definition) is 2. The van der Waals surface area contributed by atoms with Crippen LogP contribution in [0.15, 0.2) is 16.6 Å². The number of ether oxygens (including phenoxy) is 1. The van der Waals surface area contributed by atoms with Gasteiger partial charge in [-0.05, 0) is 19.1 Å². The van der Waals surface area contributed by atoms with Gasteiger partial charge in [0.05, 0.1) is 12.7 Å². The Hall–Kier alpha value is -0.970. The summed E-state index contributed by atoms with van der Waals surface area (Å²) in [5, 5.41) is 0. The van der Waals surface area contributed by atoms with E-state index in [1.54, 1.807) is 0 Å². The van der Waals surface area contributed by atoms with E-state index >= 15 is 0 Å². The van der Waals surface area contributed by atoms with Crippen molar-refractivity contribution in [2.75, 3.05) is 7.11 Å². The van der Waals surface area contributed by atoms with Gasteiger partial charge in [0.25, 0.3) is 6.43 Å². The molecule has 15 heavy (non-hydrogen) atoms. The molecule has 2 nitrogen and oxygen atoms in total. The normalized spacial score (nSPS) is 10.5. The van der Waals surface area contributed by atoms with Crippen LogP contribution in [0.3, 0.4) is 0 Å². The highest BCUT2D eigenvalue weighted by molar-refractivity contribution is 9.10. The van der Waals surface area contributed by atoms with Gasteiger partial charge in [0.2, 0.25) is 0 Å². The van der Waals surface area contributed by atoms with Crippen molar-refractivity contribution in [3.63, 3.8) is 0 Å². The Morgan fingerprint density at radius 2 is 2.07 bits per heavy atom. The SMILES string of the molecule is COc1cc(Br)cc(C(F)F)c1C(C)=O. The Balaban J connectivity index is 3.47. The second-order valence-electron chi connectivity index (χ2n) is 2.93. The zero-order valence-corrected chi connectivity index (χ0v) is 9.77. The third kappa shape index (κ3) is 2.53. The lowest BCUT2D eigenvalue weighted by molar-refractivity contribution is 0.0995. The molecule has 5 heteroatoms. The van der Waals surface area contributed by atoms with Gasteiger partial charge in [-0.25, -0.2) is 8.78 Å². The Labute approximate surface area is 94.4 Å². The number of rotatable bonds is 3. The highest BCUT2D eigenvalue weighted by Crippen LogP contribution is 2.33. The molecule has 0 heterocycles. The van der Waals surface area contributed by atoms with Gasteiger partial charge in [-0.3, -0.25) is 4.79 Å². The second-order valence-corrected chi connectivity index (χ2v) is 3.84. The second kappa shape index (κ2) is 4.70. The fourth-order valence-corrected chi connectivity index (χ4v) is 1.77. The number of carbonyl (C=O) groups is 1. The predicted octanol–water partition coefficient (Wildman–Crippen LogP) is 3.60. The van der Waals surface area contributed by atoms with Crippen molar-refractivity contribution in [1.82, 2.24) is 0 Å². The van der Waals surface area contributed by atoms with E-state index in [4.69, 9.17) is 4.74 Å². The summed E-state index contributed by atoms with van der Waals surface area (Å²) in [4.78, 5) is 11.2. The van der Waals surface area contributed by atoms with Crippen LogP contribution in [0.25, 0.3) is 0 Å². The summed E-state index contributed by atoms with van der Waals surface area (Å²) in [5.74, 6) is -0.276. The maximum Gasteiger partial charge on any atom is 0.264 e. The van der Waals surface area contributed by atoms with Crippen LogP contribution in [0.1, 0.15) is 29.3 Å². The van der Waals surface area contributed by atoms with Crippen molar-refractivity contribution in [2.45, 2.75) is 13.3 Å². The molecule has 0 saturated heterocycles. The quantitative estimate of drug-likeness (QED) is 0.790. The monoisotopic (exact) mass is 278 g/mol. The highest BCUT2D eigenvalue weighted by atomic mass is 79.9. The molecular formula is C10H9BrF2O2. The van der Waals surface area contributed by atoms with E-state index in [9.17, 15) is 13.6 Å². The summed E-state index contributed by atoms with van der Waals surface area (Å²) in [6.45, 7) is 1.23. The molecule has 0 unspecified atom stereocenters. The molecule has 0 saturated carbocycles. The lowest BCUT2D eigenvalue weighted by Gasteiger charge is -2.11. The van der Waals surface area contributed by atoms with Crippen molar-refractivity contribution in [2.24, 2.45) is 0 Å². The fourth-order valence-electron chi connectivity index (χ4n) is 1.31. The van der Waals surface area contributed by atoms with E-state index < -0.39 is 12.2 Å². The van der Waals surface area contributed by atoms with Gasteiger partial charge in [0.15, 0.2) is 5.78 Å². The number of hydrogen-bond donors (Lipinski definition) is 0. The van der Waals surface area contributed by atoms with Crippen molar-refractivity contribution in [3.8, 4) is 5.75 Å². The summed E-state index contributed by atoms with van der Waals surface area (Å²) in [5.41, 5.74) is -0.371. The number of alkyl halides is 2. The maximum atomic E-state index is 12.7. The van der Waals surface area contributed by atoms with Crippen molar-refractivity contribution >= 4 is 21.7 Å². The van der Waals surface area contributed by atoms with Crippen molar-refractivity contribution < 1.29 is 18.3 Å². The molecule has 0 aromatic heterocycles. The van der Waals surface area contributed by atoms with Crippen LogP contribution in [0, 0.1) is 0 Å². The molecule has 0 bridgehead atoms. The standard InChI is InChI=1S/C10H9BrF2O2/c1-5(14)9-7(10(12)13)3-6(11)4-8(9)15-2/h3-4,10H,1-2H3. The molecule has 1 rings (SSSR count). The molecule has 0 aliphatic heterocycles. The van der Waals surface area contributed by atoms with Gasteiger partial charge < -0.3 is 4.74 Å². The van der Waals surface area contributed by atoms with E-state index in [1.807, 2.05) is 0 Å². The Bertz CT molecular complexity index is 391. The highest BCUT2D eigenvalue weighted by Gasteiger charge is 2.21. The van der Waals surface area contributed by atoms with Gasteiger partial charge in [-0.2, -0.15) is 0 Å². The summed E-state index contributed by atoms with van der Waals surface area (Å²) < 4.78 is 30.7. The molecule has 1 aromatic carbocycles. The first-order valence-electron chi connectivity index (χ1n) is 4.14. The smallest absolute Gasteiger partial charge is 0.264 e. The van der Waals surface area contributed by atoms with Crippen LogP contribution >= 0.6 is 15.9 Å². The molecule has 0 aliphatic rings. The van der Waals surface area contributed by atoms with Gasteiger partial charge >= 0.3 is 0 Å². The van der Waals surface area contributed by atoms with Gasteiger partial charge in [-0.1, -0.05) is 15.9 Å². The van der Waals surface area contributed by atoms with Crippen LogP contribution in [-0.2, 0) is 0 Å². The van der Waals surface area contributed by atoms with Gasteiger partial charge in [-0.15, -0.1) is 0 Å². The minimum absolute atomic E-state index is 0.0595. The van der Waals surface area contributed by atoms with E-state index in [0.29, 0.717) is 4.47 Å². The molecule has 1 aromatic rings. The van der Waals surface area contributed by atoms with E-state index in [2.05, 4.69) is 15.9 Å². The molecule has 0 fully saturated rings. The summed E-state index contributed by atoms with van der Waals surface area (Å²) >= 11 is 3.08. The van der Waals surface area contributed by atoms with Gasteiger partial charge in [0.1, 0.15) is 5.75 Å². The fraction of sp³-hybridized carbons (Fsp3) is 0.300. The van der Waals surface area contributed by atoms with Crippen LogP contribution in [0.2, 0.25) is 0 Å². The first kappa shape index (κ1) is 12.1. The van der Waals surface area contributed by atoms with Gasteiger partial charge in [0, 0.05) is 10.0 Å². The van der Waals surface area contributed by atoms with Crippen LogP contribution in [0.5, 0.6) is 5.75 Å². The first-order valence-corrected chi connectivity index (χ1v) is 4.93. The maximum absolute atomic E-state index is 12.7. The predicted molar refractivity (Wildman–Crippen MR) is 55.7 cm³/mol. The molecule has 0 spiro atoms. The lowest BCUT2D eigenvalue weighted by Crippen LogP contribution is -2.04. The minimum atomic E-state index is -2.70.